The van der Waals surface area contributed by atoms with Crippen LogP contribution in [0.3, 0.4) is 0 Å². The first-order chi connectivity index (χ1) is 15.1. The normalized spacial score (nSPS) is 19.7. The number of hydrogen-bond donors (Lipinski definition) is 1. The lowest BCUT2D eigenvalue weighted by atomic mass is 9.96. The Morgan fingerprint density at radius 3 is 2.55 bits per heavy atom. The molecule has 4 rings (SSSR count). The summed E-state index contributed by atoms with van der Waals surface area (Å²) in [7, 11) is 1.68. The predicted molar refractivity (Wildman–Crippen MR) is 124 cm³/mol. The van der Waals surface area contributed by atoms with Crippen LogP contribution in [0.25, 0.3) is 0 Å². The Labute approximate surface area is 188 Å². The predicted octanol–water partition coefficient (Wildman–Crippen LogP) is 4.91. The van der Waals surface area contributed by atoms with E-state index in [9.17, 15) is 5.11 Å². The zero-order valence-electron chi connectivity index (χ0n) is 18.2. The molecular weight excluding hydrogens is 408 g/mol. The minimum atomic E-state index is -0.866. The molecule has 1 atom stereocenters. The lowest BCUT2D eigenvalue weighted by molar-refractivity contribution is 0.0207. The van der Waals surface area contributed by atoms with Gasteiger partial charge >= 0.3 is 0 Å². The van der Waals surface area contributed by atoms with Crippen molar-refractivity contribution in [1.82, 2.24) is 9.88 Å². The lowest BCUT2D eigenvalue weighted by Gasteiger charge is -2.25. The number of rotatable bonds is 7. The second kappa shape index (κ2) is 9.81. The van der Waals surface area contributed by atoms with Crippen molar-refractivity contribution in [1.29, 1.82) is 0 Å². The Morgan fingerprint density at radius 2 is 1.81 bits per heavy atom. The van der Waals surface area contributed by atoms with Crippen molar-refractivity contribution in [3.63, 3.8) is 0 Å². The monoisotopic (exact) mass is 438 g/mol. The first-order valence-corrected chi connectivity index (χ1v) is 11.6. The summed E-state index contributed by atoms with van der Waals surface area (Å²) in [5.74, 6) is 1.72. The number of methoxy groups -OCH3 is 1. The molecule has 1 aliphatic heterocycles. The highest BCUT2D eigenvalue weighted by Crippen LogP contribution is 2.37. The Morgan fingerprint density at radius 1 is 1.03 bits per heavy atom. The molecule has 1 aromatic heterocycles. The van der Waals surface area contributed by atoms with Crippen LogP contribution in [0.1, 0.15) is 40.4 Å². The van der Waals surface area contributed by atoms with Crippen molar-refractivity contribution in [3.05, 3.63) is 75.7 Å². The van der Waals surface area contributed by atoms with E-state index >= 15 is 0 Å². The summed E-state index contributed by atoms with van der Waals surface area (Å²) in [4.78, 5) is 8.24. The van der Waals surface area contributed by atoms with Gasteiger partial charge in [-0.15, -0.1) is 11.3 Å². The van der Waals surface area contributed by atoms with Crippen LogP contribution in [-0.2, 0) is 18.8 Å². The highest BCUT2D eigenvalue weighted by molar-refractivity contribution is 7.11. The summed E-state index contributed by atoms with van der Waals surface area (Å²) >= 11 is 1.58. The van der Waals surface area contributed by atoms with Crippen molar-refractivity contribution >= 4 is 11.3 Å². The fraction of sp³-hybridized carbons (Fsp3) is 0.400. The van der Waals surface area contributed by atoms with Gasteiger partial charge in [0, 0.05) is 13.1 Å². The number of aryl methyl sites for hydroxylation is 1. The number of nitrogens with zero attached hydrogens (tertiary/aromatic N) is 2. The van der Waals surface area contributed by atoms with Crippen LogP contribution in [0.2, 0.25) is 0 Å². The minimum absolute atomic E-state index is 0.479. The van der Waals surface area contributed by atoms with Crippen LogP contribution in [0, 0.1) is 6.92 Å². The minimum Gasteiger partial charge on any atom is -0.497 e. The summed E-state index contributed by atoms with van der Waals surface area (Å²) in [5.41, 5.74) is 1.34. The van der Waals surface area contributed by atoms with Gasteiger partial charge in [0.1, 0.15) is 28.7 Å². The molecule has 0 spiro atoms. The van der Waals surface area contributed by atoms with Gasteiger partial charge in [-0.3, -0.25) is 4.90 Å². The average molecular weight is 439 g/mol. The number of benzene rings is 2. The first-order valence-electron chi connectivity index (χ1n) is 10.8. The molecule has 6 heteroatoms. The van der Waals surface area contributed by atoms with Crippen molar-refractivity contribution in [2.75, 3.05) is 20.2 Å². The molecule has 5 nitrogen and oxygen atoms in total. The molecule has 31 heavy (non-hydrogen) atoms. The number of ether oxygens (including phenoxy) is 2. The van der Waals surface area contributed by atoms with Gasteiger partial charge in [0.2, 0.25) is 0 Å². The van der Waals surface area contributed by atoms with Crippen LogP contribution in [0.15, 0.2) is 54.6 Å². The van der Waals surface area contributed by atoms with Crippen LogP contribution in [-0.4, -0.2) is 35.2 Å². The zero-order chi connectivity index (χ0) is 21.7. The molecule has 1 N–H and O–H groups in total. The van der Waals surface area contributed by atoms with Crippen LogP contribution < -0.4 is 9.47 Å². The van der Waals surface area contributed by atoms with Gasteiger partial charge < -0.3 is 14.6 Å². The van der Waals surface area contributed by atoms with Gasteiger partial charge in [-0.1, -0.05) is 30.3 Å². The maximum absolute atomic E-state index is 11.5. The van der Waals surface area contributed by atoms with E-state index < -0.39 is 5.60 Å². The third-order valence-corrected chi connectivity index (χ3v) is 7.20. The van der Waals surface area contributed by atoms with Crippen molar-refractivity contribution in [2.45, 2.75) is 44.9 Å². The van der Waals surface area contributed by atoms with Crippen molar-refractivity contribution < 1.29 is 14.6 Å². The maximum Gasteiger partial charge on any atom is 0.125 e. The summed E-state index contributed by atoms with van der Waals surface area (Å²) in [6.07, 6.45) is 2.37. The molecule has 2 aromatic carbocycles. The van der Waals surface area contributed by atoms with Gasteiger partial charge in [-0.05, 0) is 62.6 Å². The van der Waals surface area contributed by atoms with Crippen LogP contribution in [0.4, 0.5) is 0 Å². The highest BCUT2D eigenvalue weighted by atomic mass is 32.1. The molecule has 1 aliphatic rings. The van der Waals surface area contributed by atoms with Crippen LogP contribution in [0.5, 0.6) is 11.5 Å². The van der Waals surface area contributed by atoms with E-state index in [-0.39, 0.29) is 0 Å². The Balaban J connectivity index is 1.39. The van der Waals surface area contributed by atoms with Gasteiger partial charge in [-0.2, -0.15) is 0 Å². The first kappa shape index (κ1) is 21.8. The van der Waals surface area contributed by atoms with E-state index in [1.807, 2.05) is 49.4 Å². The topological polar surface area (TPSA) is 54.8 Å². The fourth-order valence-corrected chi connectivity index (χ4v) is 5.08. The largest absolute Gasteiger partial charge is 0.497 e. The number of para-hydroxylation sites is 1. The van der Waals surface area contributed by atoms with E-state index in [1.165, 1.54) is 5.56 Å². The molecular formula is C25H30N2O3S. The van der Waals surface area contributed by atoms with Gasteiger partial charge in [0.25, 0.3) is 0 Å². The Bertz CT molecular complexity index is 974. The number of aromatic nitrogens is 1. The molecule has 0 amide bonds. The molecule has 3 aromatic rings. The van der Waals surface area contributed by atoms with E-state index in [0.29, 0.717) is 13.0 Å². The van der Waals surface area contributed by atoms with Crippen LogP contribution >= 0.6 is 11.3 Å². The van der Waals surface area contributed by atoms with Crippen molar-refractivity contribution in [2.24, 2.45) is 0 Å². The van der Waals surface area contributed by atoms with Gasteiger partial charge in [0.15, 0.2) is 0 Å². The van der Waals surface area contributed by atoms with E-state index in [0.717, 1.165) is 59.6 Å². The number of thiazole rings is 1. The SMILES string of the molecule is COc1ccc(CN2CCC[C@](O)(c3nc(C)c(COc4ccccc4)s3)CC2)cc1. The summed E-state index contributed by atoms with van der Waals surface area (Å²) < 4.78 is 11.2. The highest BCUT2D eigenvalue weighted by Gasteiger charge is 2.35. The third-order valence-electron chi connectivity index (χ3n) is 5.88. The second-order valence-corrected chi connectivity index (χ2v) is 9.22. The number of likely N-dealkylation sites (tertiary alicyclic amines) is 1. The molecule has 164 valence electrons. The maximum atomic E-state index is 11.5. The third kappa shape index (κ3) is 5.45. The zero-order valence-corrected chi connectivity index (χ0v) is 19.0. The Hall–Kier alpha value is -2.41. The molecule has 0 unspecified atom stereocenters. The smallest absolute Gasteiger partial charge is 0.125 e. The number of aliphatic hydroxyl groups is 1. The molecule has 1 fully saturated rings. The van der Waals surface area contributed by atoms with Gasteiger partial charge in [-0.25, -0.2) is 4.98 Å². The summed E-state index contributed by atoms with van der Waals surface area (Å²) in [6.45, 7) is 5.18. The fourth-order valence-electron chi connectivity index (χ4n) is 3.96. The standard InChI is InChI=1S/C25H30N2O3S/c1-19-23(18-30-22-7-4-3-5-8-22)31-24(26-19)25(28)13-6-15-27(16-14-25)17-20-9-11-21(29-2)12-10-20/h3-5,7-12,28H,6,13-18H2,1-2H3/t25-/m1/s1. The molecule has 0 radical (unpaired) electrons. The van der Waals surface area contributed by atoms with E-state index in [2.05, 4.69) is 17.0 Å². The summed E-state index contributed by atoms with van der Waals surface area (Å²) in [6, 6.07) is 18.0. The molecule has 1 saturated heterocycles. The van der Waals surface area contributed by atoms with E-state index in [1.54, 1.807) is 18.4 Å². The summed E-state index contributed by atoms with van der Waals surface area (Å²) in [5, 5.41) is 12.3. The van der Waals surface area contributed by atoms with Gasteiger partial charge in [0.05, 0.1) is 17.7 Å². The molecule has 0 saturated carbocycles. The molecule has 0 aliphatic carbocycles. The molecule has 2 heterocycles. The number of hydrogen-bond acceptors (Lipinski definition) is 6. The van der Waals surface area contributed by atoms with E-state index in [4.69, 9.17) is 14.5 Å². The average Bonchev–Trinajstić information content (AvgIpc) is 3.07. The quantitative estimate of drug-likeness (QED) is 0.568. The van der Waals surface area contributed by atoms with Crippen molar-refractivity contribution in [3.8, 4) is 11.5 Å². The lowest BCUT2D eigenvalue weighted by Crippen LogP contribution is -2.29. The molecule has 0 bridgehead atoms. The Kier molecular flexibility index (Phi) is 6.90. The second-order valence-electron chi connectivity index (χ2n) is 8.14.